The summed E-state index contributed by atoms with van der Waals surface area (Å²) in [6, 6.07) is 10.9. The van der Waals surface area contributed by atoms with Crippen LogP contribution in [0.2, 0.25) is 0 Å². The molecule has 0 aliphatic rings. The first-order valence-corrected chi connectivity index (χ1v) is 7.72. The van der Waals surface area contributed by atoms with Crippen molar-refractivity contribution in [1.29, 1.82) is 0 Å². The van der Waals surface area contributed by atoms with Crippen LogP contribution in [0.25, 0.3) is 16.6 Å². The molecule has 24 heavy (non-hydrogen) atoms. The molecule has 1 aromatic heterocycles. The number of nitrogens with one attached hydrogen (secondary N) is 1. The van der Waals surface area contributed by atoms with Crippen molar-refractivity contribution >= 4 is 22.5 Å². The number of carbonyl (C=O) groups excluding carboxylic acids is 1. The molecule has 0 saturated heterocycles. The summed E-state index contributed by atoms with van der Waals surface area (Å²) in [5.74, 6) is -0.415. The Morgan fingerprint density at radius 1 is 1.33 bits per heavy atom. The van der Waals surface area contributed by atoms with E-state index in [9.17, 15) is 4.79 Å². The highest BCUT2D eigenvalue weighted by Gasteiger charge is 2.15. The van der Waals surface area contributed by atoms with Crippen LogP contribution in [0.3, 0.4) is 0 Å². The summed E-state index contributed by atoms with van der Waals surface area (Å²) in [5.41, 5.74) is 10.1. The van der Waals surface area contributed by atoms with E-state index in [1.165, 1.54) is 0 Å². The van der Waals surface area contributed by atoms with Crippen LogP contribution in [0.1, 0.15) is 11.1 Å². The second kappa shape index (κ2) is 6.43. The third-order valence-corrected chi connectivity index (χ3v) is 3.95. The van der Waals surface area contributed by atoms with Crippen molar-refractivity contribution in [2.24, 2.45) is 5.73 Å². The van der Waals surface area contributed by atoms with Crippen LogP contribution in [0.15, 0.2) is 42.6 Å². The summed E-state index contributed by atoms with van der Waals surface area (Å²) < 4.78 is 1.84. The summed E-state index contributed by atoms with van der Waals surface area (Å²) in [6.45, 7) is 3.54. The predicted molar refractivity (Wildman–Crippen MR) is 94.2 cm³/mol. The average molecular weight is 324 g/mol. The van der Waals surface area contributed by atoms with Gasteiger partial charge in [0.1, 0.15) is 6.04 Å². The van der Waals surface area contributed by atoms with Gasteiger partial charge in [0.05, 0.1) is 24.0 Å². The van der Waals surface area contributed by atoms with Crippen molar-refractivity contribution in [3.05, 3.63) is 53.7 Å². The Labute approximate surface area is 139 Å². The van der Waals surface area contributed by atoms with Crippen LogP contribution in [0.4, 0.5) is 5.69 Å². The van der Waals surface area contributed by atoms with Gasteiger partial charge in [0.2, 0.25) is 5.91 Å². The molecule has 3 rings (SSSR count). The molecule has 1 unspecified atom stereocenters. The lowest BCUT2D eigenvalue weighted by molar-refractivity contribution is -0.118. The number of fused-ring (bicyclic) bond motifs is 1. The number of rotatable bonds is 4. The Morgan fingerprint density at radius 2 is 2.12 bits per heavy atom. The quantitative estimate of drug-likeness (QED) is 0.683. The second-order valence-electron chi connectivity index (χ2n) is 5.90. The summed E-state index contributed by atoms with van der Waals surface area (Å²) >= 11 is 0. The number of hydrogen-bond donors (Lipinski definition) is 3. The number of aromatic nitrogens is 2. The number of anilines is 1. The first kappa shape index (κ1) is 16.2. The topological polar surface area (TPSA) is 93.2 Å². The summed E-state index contributed by atoms with van der Waals surface area (Å²) in [4.78, 5) is 12.0. The van der Waals surface area contributed by atoms with Crippen LogP contribution in [-0.2, 0) is 4.79 Å². The van der Waals surface area contributed by atoms with E-state index in [-0.39, 0.29) is 0 Å². The summed E-state index contributed by atoms with van der Waals surface area (Å²) in [7, 11) is 0. The Balaban J connectivity index is 2.05. The van der Waals surface area contributed by atoms with E-state index in [0.717, 1.165) is 27.7 Å². The average Bonchev–Trinajstić information content (AvgIpc) is 2.97. The lowest BCUT2D eigenvalue weighted by atomic mass is 10.1. The van der Waals surface area contributed by atoms with Gasteiger partial charge in [0, 0.05) is 11.1 Å². The molecule has 0 bridgehead atoms. The van der Waals surface area contributed by atoms with E-state index in [4.69, 9.17) is 10.8 Å². The maximum atomic E-state index is 12.0. The number of aliphatic hydroxyl groups is 1. The molecule has 6 nitrogen and oxygen atoms in total. The summed E-state index contributed by atoms with van der Waals surface area (Å²) in [5, 5.41) is 17.2. The van der Waals surface area contributed by atoms with Crippen molar-refractivity contribution in [3.8, 4) is 5.69 Å². The highest BCUT2D eigenvalue weighted by atomic mass is 16.3. The lowest BCUT2D eigenvalue weighted by Crippen LogP contribution is -2.38. The molecule has 0 radical (unpaired) electrons. The molecular formula is C18H20N4O2. The number of aliphatic hydroxyl groups excluding tert-OH is 1. The molecule has 2 aromatic carbocycles. The third-order valence-electron chi connectivity index (χ3n) is 3.95. The van der Waals surface area contributed by atoms with Crippen molar-refractivity contribution in [2.45, 2.75) is 19.9 Å². The van der Waals surface area contributed by atoms with Gasteiger partial charge in [-0.15, -0.1) is 0 Å². The maximum absolute atomic E-state index is 12.0. The van der Waals surface area contributed by atoms with Gasteiger partial charge in [-0.1, -0.05) is 12.1 Å². The standard InChI is InChI=1S/C18H20N4O2/c1-11-4-3-5-14(6-11)22-17-8-16(21-18(24)15(19)10-23)12(2)7-13(17)9-20-22/h3-9,15,23H,10,19H2,1-2H3,(H,21,24). The maximum Gasteiger partial charge on any atom is 0.243 e. The van der Waals surface area contributed by atoms with Gasteiger partial charge < -0.3 is 16.2 Å². The molecule has 6 heteroatoms. The van der Waals surface area contributed by atoms with Crippen molar-refractivity contribution in [3.63, 3.8) is 0 Å². The van der Waals surface area contributed by atoms with E-state index in [1.54, 1.807) is 6.20 Å². The minimum absolute atomic E-state index is 0.394. The minimum atomic E-state index is -0.943. The molecular weight excluding hydrogens is 304 g/mol. The molecule has 4 N–H and O–H groups in total. The zero-order valence-corrected chi connectivity index (χ0v) is 13.7. The number of aryl methyl sites for hydroxylation is 2. The van der Waals surface area contributed by atoms with Crippen molar-refractivity contribution < 1.29 is 9.90 Å². The summed E-state index contributed by atoms with van der Waals surface area (Å²) in [6.07, 6.45) is 1.80. The molecule has 1 atom stereocenters. The van der Waals surface area contributed by atoms with Gasteiger partial charge >= 0.3 is 0 Å². The van der Waals surface area contributed by atoms with Gasteiger partial charge in [-0.2, -0.15) is 5.10 Å². The SMILES string of the molecule is Cc1cccc(-n2ncc3cc(C)c(NC(=O)C(N)CO)cc32)c1. The van der Waals surface area contributed by atoms with Gasteiger partial charge in [-0.05, 0) is 49.2 Å². The van der Waals surface area contributed by atoms with E-state index in [1.807, 2.05) is 54.9 Å². The molecule has 0 saturated carbocycles. The third kappa shape index (κ3) is 3.02. The monoisotopic (exact) mass is 324 g/mol. The number of benzene rings is 2. The first-order valence-electron chi connectivity index (χ1n) is 7.72. The molecule has 1 amide bonds. The van der Waals surface area contributed by atoms with Crippen LogP contribution in [-0.4, -0.2) is 33.4 Å². The Hall–Kier alpha value is -2.70. The fraction of sp³-hybridized carbons (Fsp3) is 0.222. The fourth-order valence-corrected chi connectivity index (χ4v) is 2.60. The first-order chi connectivity index (χ1) is 11.5. The molecule has 1 heterocycles. The van der Waals surface area contributed by atoms with E-state index in [0.29, 0.717) is 5.69 Å². The van der Waals surface area contributed by atoms with Crippen LogP contribution in [0, 0.1) is 13.8 Å². The van der Waals surface area contributed by atoms with Gasteiger partial charge in [0.15, 0.2) is 0 Å². The molecule has 0 spiro atoms. The predicted octanol–water partition coefficient (Wildman–Crippen LogP) is 1.90. The largest absolute Gasteiger partial charge is 0.394 e. The fourth-order valence-electron chi connectivity index (χ4n) is 2.60. The minimum Gasteiger partial charge on any atom is -0.394 e. The second-order valence-corrected chi connectivity index (χ2v) is 5.90. The van der Waals surface area contributed by atoms with Crippen LogP contribution < -0.4 is 11.1 Å². The molecule has 3 aromatic rings. The highest BCUT2D eigenvalue weighted by Crippen LogP contribution is 2.26. The zero-order chi connectivity index (χ0) is 17.3. The van der Waals surface area contributed by atoms with Gasteiger partial charge in [-0.3, -0.25) is 4.79 Å². The van der Waals surface area contributed by atoms with Crippen molar-refractivity contribution in [2.75, 3.05) is 11.9 Å². The number of carbonyl (C=O) groups is 1. The smallest absolute Gasteiger partial charge is 0.243 e. The lowest BCUT2D eigenvalue weighted by Gasteiger charge is -2.13. The molecule has 0 aliphatic carbocycles. The Bertz CT molecular complexity index is 901. The van der Waals surface area contributed by atoms with E-state index < -0.39 is 18.6 Å². The molecule has 0 fully saturated rings. The van der Waals surface area contributed by atoms with Crippen molar-refractivity contribution in [1.82, 2.24) is 9.78 Å². The number of amides is 1. The van der Waals surface area contributed by atoms with Crippen LogP contribution >= 0.6 is 0 Å². The van der Waals surface area contributed by atoms with Gasteiger partial charge in [0.25, 0.3) is 0 Å². The zero-order valence-electron chi connectivity index (χ0n) is 13.7. The Morgan fingerprint density at radius 3 is 2.83 bits per heavy atom. The van der Waals surface area contributed by atoms with Crippen LogP contribution in [0.5, 0.6) is 0 Å². The number of nitrogens with two attached hydrogens (primary N) is 1. The number of hydrogen-bond acceptors (Lipinski definition) is 4. The van der Waals surface area contributed by atoms with E-state index >= 15 is 0 Å². The molecule has 0 aliphatic heterocycles. The number of nitrogens with zero attached hydrogens (tertiary/aromatic N) is 2. The van der Waals surface area contributed by atoms with E-state index in [2.05, 4.69) is 10.4 Å². The Kier molecular flexibility index (Phi) is 4.33. The van der Waals surface area contributed by atoms with Gasteiger partial charge in [-0.25, -0.2) is 4.68 Å². The highest BCUT2D eigenvalue weighted by molar-refractivity contribution is 5.97. The normalized spacial score (nSPS) is 12.3. The molecule has 124 valence electrons.